The monoisotopic (exact) mass is 262 g/mol. The average molecular weight is 263 g/mol. The van der Waals surface area contributed by atoms with Crippen molar-refractivity contribution in [2.24, 2.45) is 0 Å². The Balaban J connectivity index is 2.38. The molecule has 3 heteroatoms. The molecule has 0 heterocycles. The van der Waals surface area contributed by atoms with E-state index >= 15 is 0 Å². The van der Waals surface area contributed by atoms with Crippen molar-refractivity contribution in [1.82, 2.24) is 0 Å². The molecule has 0 aliphatic rings. The van der Waals surface area contributed by atoms with Crippen LogP contribution in [0.3, 0.4) is 0 Å². The first-order valence-corrected chi connectivity index (χ1v) is 6.08. The van der Waals surface area contributed by atoms with Crippen molar-refractivity contribution >= 4 is 17.4 Å². The molecule has 2 rings (SSSR count). The molecule has 0 atom stereocenters. The minimum atomic E-state index is -0.465. The summed E-state index contributed by atoms with van der Waals surface area (Å²) < 4.78 is 13.1. The van der Waals surface area contributed by atoms with Crippen LogP contribution in [0.15, 0.2) is 42.5 Å². The Kier molecular flexibility index (Phi) is 3.78. The zero-order valence-electron chi connectivity index (χ0n) is 9.91. The second-order valence-electron chi connectivity index (χ2n) is 4.00. The quantitative estimate of drug-likeness (QED) is 0.755. The van der Waals surface area contributed by atoms with Crippen molar-refractivity contribution < 1.29 is 9.18 Å². The predicted molar refractivity (Wildman–Crippen MR) is 70.7 cm³/mol. The molecule has 92 valence electrons. The summed E-state index contributed by atoms with van der Waals surface area (Å²) in [6, 6.07) is 11.0. The Morgan fingerprint density at radius 1 is 1.17 bits per heavy atom. The molecule has 1 nitrogen and oxygen atoms in total. The number of rotatable bonds is 3. The van der Waals surface area contributed by atoms with Gasteiger partial charge in [-0.05, 0) is 30.2 Å². The van der Waals surface area contributed by atoms with Crippen molar-refractivity contribution in [3.05, 3.63) is 70.0 Å². The van der Waals surface area contributed by atoms with Gasteiger partial charge in [-0.1, -0.05) is 42.8 Å². The van der Waals surface area contributed by atoms with Gasteiger partial charge in [-0.15, -0.1) is 0 Å². The molecule has 0 N–H and O–H groups in total. The van der Waals surface area contributed by atoms with Gasteiger partial charge in [0.05, 0.1) is 5.02 Å². The van der Waals surface area contributed by atoms with Gasteiger partial charge in [0.15, 0.2) is 5.78 Å². The maximum absolute atomic E-state index is 13.1. The SMILES string of the molecule is CCc1ccc(C(=O)c2cc(F)ccc2Cl)cc1. The van der Waals surface area contributed by atoms with E-state index in [4.69, 9.17) is 11.6 Å². The highest BCUT2D eigenvalue weighted by Crippen LogP contribution is 2.21. The van der Waals surface area contributed by atoms with Crippen molar-refractivity contribution in [1.29, 1.82) is 0 Å². The van der Waals surface area contributed by atoms with Gasteiger partial charge in [0.1, 0.15) is 5.82 Å². The molecule has 0 aliphatic heterocycles. The van der Waals surface area contributed by atoms with E-state index < -0.39 is 5.82 Å². The topological polar surface area (TPSA) is 17.1 Å². The molecule has 0 aromatic heterocycles. The molecule has 0 radical (unpaired) electrons. The molecule has 0 aliphatic carbocycles. The molecule has 2 aromatic carbocycles. The van der Waals surface area contributed by atoms with Crippen LogP contribution in [0.2, 0.25) is 5.02 Å². The highest BCUT2D eigenvalue weighted by atomic mass is 35.5. The van der Waals surface area contributed by atoms with Crippen molar-refractivity contribution in [3.63, 3.8) is 0 Å². The van der Waals surface area contributed by atoms with Crippen LogP contribution in [0.25, 0.3) is 0 Å². The fourth-order valence-corrected chi connectivity index (χ4v) is 1.92. The first-order chi connectivity index (χ1) is 8.61. The molecule has 18 heavy (non-hydrogen) atoms. The van der Waals surface area contributed by atoms with E-state index in [2.05, 4.69) is 0 Å². The Bertz CT molecular complexity index is 576. The number of carbonyl (C=O) groups excluding carboxylic acids is 1. The lowest BCUT2D eigenvalue weighted by atomic mass is 10.0. The summed E-state index contributed by atoms with van der Waals surface area (Å²) in [6.07, 6.45) is 0.912. The summed E-state index contributed by atoms with van der Waals surface area (Å²) in [4.78, 5) is 12.2. The highest BCUT2D eigenvalue weighted by molar-refractivity contribution is 6.34. The lowest BCUT2D eigenvalue weighted by Gasteiger charge is -2.05. The van der Waals surface area contributed by atoms with Crippen LogP contribution < -0.4 is 0 Å². The predicted octanol–water partition coefficient (Wildman–Crippen LogP) is 4.27. The van der Waals surface area contributed by atoms with Gasteiger partial charge >= 0.3 is 0 Å². The minimum absolute atomic E-state index is 0.195. The molecule has 0 saturated heterocycles. The van der Waals surface area contributed by atoms with Crippen LogP contribution in [0, 0.1) is 5.82 Å². The van der Waals surface area contributed by atoms with Crippen molar-refractivity contribution in [2.45, 2.75) is 13.3 Å². The van der Waals surface area contributed by atoms with Gasteiger partial charge in [-0.25, -0.2) is 4.39 Å². The van der Waals surface area contributed by atoms with Gasteiger partial charge in [0.2, 0.25) is 0 Å². The summed E-state index contributed by atoms with van der Waals surface area (Å²) in [7, 11) is 0. The number of halogens is 2. The van der Waals surface area contributed by atoms with E-state index in [0.29, 0.717) is 5.56 Å². The third kappa shape index (κ3) is 2.59. The van der Waals surface area contributed by atoms with Gasteiger partial charge < -0.3 is 0 Å². The van der Waals surface area contributed by atoms with E-state index in [-0.39, 0.29) is 16.4 Å². The Morgan fingerprint density at radius 3 is 2.44 bits per heavy atom. The fraction of sp³-hybridized carbons (Fsp3) is 0.133. The van der Waals surface area contributed by atoms with Crippen molar-refractivity contribution in [2.75, 3.05) is 0 Å². The van der Waals surface area contributed by atoms with Crippen LogP contribution in [0.4, 0.5) is 4.39 Å². The normalized spacial score (nSPS) is 10.4. The standard InChI is InChI=1S/C15H12ClFO/c1-2-10-3-5-11(6-4-10)15(18)13-9-12(17)7-8-14(13)16/h3-9H,2H2,1H3. The van der Waals surface area contributed by atoms with E-state index in [0.717, 1.165) is 12.0 Å². The number of carbonyl (C=O) groups is 1. The van der Waals surface area contributed by atoms with Crippen LogP contribution in [-0.4, -0.2) is 5.78 Å². The maximum atomic E-state index is 13.1. The van der Waals surface area contributed by atoms with Crippen LogP contribution >= 0.6 is 11.6 Å². The number of hydrogen-bond acceptors (Lipinski definition) is 1. The molecular formula is C15H12ClFO. The molecule has 0 bridgehead atoms. The summed E-state index contributed by atoms with van der Waals surface area (Å²) in [5, 5.41) is 0.265. The largest absolute Gasteiger partial charge is 0.289 e. The Hall–Kier alpha value is -1.67. The first-order valence-electron chi connectivity index (χ1n) is 5.70. The van der Waals surface area contributed by atoms with Crippen LogP contribution in [0.1, 0.15) is 28.4 Å². The van der Waals surface area contributed by atoms with Gasteiger partial charge in [0, 0.05) is 11.1 Å². The molecule has 0 fully saturated rings. The molecular weight excluding hydrogens is 251 g/mol. The van der Waals surface area contributed by atoms with Gasteiger partial charge in [0.25, 0.3) is 0 Å². The summed E-state index contributed by atoms with van der Waals surface area (Å²) >= 11 is 5.91. The lowest BCUT2D eigenvalue weighted by molar-refractivity contribution is 0.103. The Morgan fingerprint density at radius 2 is 1.83 bits per heavy atom. The zero-order valence-corrected chi connectivity index (χ0v) is 10.7. The molecule has 0 saturated carbocycles. The molecule has 0 unspecified atom stereocenters. The summed E-state index contributed by atoms with van der Waals surface area (Å²) in [5.74, 6) is -0.727. The first kappa shape index (κ1) is 12.8. The van der Waals surface area contributed by atoms with Gasteiger partial charge in [-0.3, -0.25) is 4.79 Å². The summed E-state index contributed by atoms with van der Waals surface area (Å²) in [5.41, 5.74) is 1.86. The van der Waals surface area contributed by atoms with E-state index in [1.807, 2.05) is 19.1 Å². The fourth-order valence-electron chi connectivity index (χ4n) is 1.72. The lowest BCUT2D eigenvalue weighted by Crippen LogP contribution is -2.03. The molecule has 0 amide bonds. The number of aryl methyl sites for hydroxylation is 1. The number of ketones is 1. The zero-order chi connectivity index (χ0) is 13.1. The van der Waals surface area contributed by atoms with Crippen LogP contribution in [0.5, 0.6) is 0 Å². The third-order valence-corrected chi connectivity index (χ3v) is 3.13. The van der Waals surface area contributed by atoms with Crippen molar-refractivity contribution in [3.8, 4) is 0 Å². The van der Waals surface area contributed by atoms with E-state index in [9.17, 15) is 9.18 Å². The Labute approximate surface area is 110 Å². The number of hydrogen-bond donors (Lipinski definition) is 0. The third-order valence-electron chi connectivity index (χ3n) is 2.80. The average Bonchev–Trinajstić information content (AvgIpc) is 2.41. The molecule has 2 aromatic rings. The van der Waals surface area contributed by atoms with E-state index in [1.54, 1.807) is 12.1 Å². The second kappa shape index (κ2) is 5.32. The van der Waals surface area contributed by atoms with E-state index in [1.165, 1.54) is 18.2 Å². The van der Waals surface area contributed by atoms with Crippen LogP contribution in [-0.2, 0) is 6.42 Å². The maximum Gasteiger partial charge on any atom is 0.194 e. The minimum Gasteiger partial charge on any atom is -0.289 e. The highest BCUT2D eigenvalue weighted by Gasteiger charge is 2.13. The molecule has 0 spiro atoms. The second-order valence-corrected chi connectivity index (χ2v) is 4.41. The smallest absolute Gasteiger partial charge is 0.194 e. The summed E-state index contributed by atoms with van der Waals surface area (Å²) in [6.45, 7) is 2.04. The van der Waals surface area contributed by atoms with Gasteiger partial charge in [-0.2, -0.15) is 0 Å². The number of benzene rings is 2.